The summed E-state index contributed by atoms with van der Waals surface area (Å²) in [5.41, 5.74) is 0.482. The van der Waals surface area contributed by atoms with Crippen molar-refractivity contribution in [3.63, 3.8) is 0 Å². The maximum atomic E-state index is 14.6. The molecule has 2 aliphatic rings. The molecule has 0 N–H and O–H groups in total. The molecule has 1 atom stereocenters. The Morgan fingerprint density at radius 2 is 2.15 bits per heavy atom. The maximum absolute atomic E-state index is 14.6. The van der Waals surface area contributed by atoms with E-state index in [9.17, 15) is 24.0 Å². The third kappa shape index (κ3) is 4.14. The van der Waals surface area contributed by atoms with E-state index in [1.165, 1.54) is 40.3 Å². The summed E-state index contributed by atoms with van der Waals surface area (Å²) in [6, 6.07) is 4.19. The molecule has 142 valence electrons. The molecule has 3 rings (SSSR count). The van der Waals surface area contributed by atoms with E-state index in [0.29, 0.717) is 0 Å². The van der Waals surface area contributed by atoms with Crippen LogP contribution in [0.25, 0.3) is 0 Å². The summed E-state index contributed by atoms with van der Waals surface area (Å²) in [7, 11) is 0. The number of hydrogen-bond donors (Lipinski definition) is 0. The fraction of sp³-hybridized carbons (Fsp3) is 0.278. The number of carbonyl (C=O) groups is 3. The minimum atomic E-state index is -0.788. The number of carbonyl (C=O) groups excluding carboxylic acids is 3. The van der Waals surface area contributed by atoms with E-state index in [0.717, 1.165) is 6.92 Å². The number of nitrogens with zero attached hydrogens (tertiary/aromatic N) is 3. The number of hydrogen-bond acceptors (Lipinski definition) is 6. The summed E-state index contributed by atoms with van der Waals surface area (Å²) in [5.74, 6) is -1.37. The highest BCUT2D eigenvalue weighted by molar-refractivity contribution is 5.92. The Bertz CT molecular complexity index is 838. The van der Waals surface area contributed by atoms with Crippen LogP contribution in [0, 0.1) is 11.0 Å². The van der Waals surface area contributed by atoms with Crippen molar-refractivity contribution in [2.75, 3.05) is 22.9 Å². The predicted octanol–water partition coefficient (Wildman–Crippen LogP) is 2.30. The minimum absolute atomic E-state index is 0.0294. The van der Waals surface area contributed by atoms with Gasteiger partial charge in [-0.2, -0.15) is 0 Å². The highest BCUT2D eigenvalue weighted by Crippen LogP contribution is 2.29. The molecule has 1 aromatic rings. The number of ketones is 1. The monoisotopic (exact) mass is 374 g/mol. The van der Waals surface area contributed by atoms with Gasteiger partial charge in [-0.05, 0) is 24.3 Å². The lowest BCUT2D eigenvalue weighted by molar-refractivity contribution is -0.127. The molecule has 0 saturated carbocycles. The maximum Gasteiger partial charge on any atom is 0.414 e. The molecule has 0 aliphatic carbocycles. The van der Waals surface area contributed by atoms with Crippen molar-refractivity contribution in [2.45, 2.75) is 19.4 Å². The Hall–Kier alpha value is -3.20. The number of benzene rings is 1. The Morgan fingerprint density at radius 3 is 2.85 bits per heavy atom. The van der Waals surface area contributed by atoms with Gasteiger partial charge in [0.1, 0.15) is 11.9 Å². The van der Waals surface area contributed by atoms with Crippen LogP contribution in [0.5, 0.6) is 0 Å². The summed E-state index contributed by atoms with van der Waals surface area (Å²) < 4.78 is 19.6. The predicted molar refractivity (Wildman–Crippen MR) is 95.2 cm³/mol. The van der Waals surface area contributed by atoms with E-state index in [4.69, 9.17) is 4.74 Å². The fourth-order valence-electron chi connectivity index (χ4n) is 2.74. The summed E-state index contributed by atoms with van der Waals surface area (Å²) >= 11 is 0. The van der Waals surface area contributed by atoms with Crippen LogP contribution in [-0.2, 0) is 14.3 Å². The van der Waals surface area contributed by atoms with E-state index < -0.39 is 23.9 Å². The van der Waals surface area contributed by atoms with Gasteiger partial charge in [-0.25, -0.2) is 9.18 Å². The molecule has 9 heteroatoms. The van der Waals surface area contributed by atoms with Crippen LogP contribution in [0.15, 0.2) is 42.8 Å². The standard InChI is InChI=1S/C18H17FN3O5/c1-12(23)22(26)11-15-10-21(18(25)27-15)13-4-5-17(16(19)9-13)20-7-2-3-14(24)6-8-20/h2,4-9,15H,3,10-11H2,1H3/q-1/t15-/m0/s1. The van der Waals surface area contributed by atoms with Crippen LogP contribution < -0.4 is 9.80 Å². The van der Waals surface area contributed by atoms with Gasteiger partial charge in [-0.1, -0.05) is 6.08 Å². The second kappa shape index (κ2) is 7.58. The number of hydroxylamine groups is 2. The molecular weight excluding hydrogens is 357 g/mol. The first-order valence-electron chi connectivity index (χ1n) is 8.24. The van der Waals surface area contributed by atoms with Crippen LogP contribution in [0.1, 0.15) is 13.3 Å². The van der Waals surface area contributed by atoms with Crippen LogP contribution in [-0.4, -0.2) is 42.0 Å². The van der Waals surface area contributed by atoms with Crippen molar-refractivity contribution >= 4 is 29.2 Å². The summed E-state index contributed by atoms with van der Waals surface area (Å²) in [6.07, 6.45) is 4.78. The molecule has 0 spiro atoms. The number of halogens is 1. The molecule has 0 aromatic heterocycles. The minimum Gasteiger partial charge on any atom is -0.756 e. The largest absolute Gasteiger partial charge is 0.756 e. The number of cyclic esters (lactones) is 1. The Balaban J connectivity index is 1.75. The van der Waals surface area contributed by atoms with Gasteiger partial charge in [0.05, 0.1) is 17.9 Å². The number of anilines is 2. The van der Waals surface area contributed by atoms with E-state index in [-0.39, 0.29) is 41.7 Å². The van der Waals surface area contributed by atoms with Crippen molar-refractivity contribution in [1.29, 1.82) is 0 Å². The van der Waals surface area contributed by atoms with Crippen molar-refractivity contribution in [3.8, 4) is 0 Å². The number of allylic oxidation sites excluding steroid dienone is 2. The molecule has 1 aromatic carbocycles. The first kappa shape index (κ1) is 18.6. The number of amides is 2. The Labute approximate surface area is 154 Å². The van der Waals surface area contributed by atoms with Gasteiger partial charge < -0.3 is 19.9 Å². The van der Waals surface area contributed by atoms with E-state index in [1.807, 2.05) is 0 Å². The van der Waals surface area contributed by atoms with Crippen molar-refractivity contribution in [1.82, 2.24) is 5.06 Å². The lowest BCUT2D eigenvalue weighted by atomic mass is 10.2. The normalized spacial score (nSPS) is 19.3. The van der Waals surface area contributed by atoms with Crippen LogP contribution >= 0.6 is 0 Å². The third-order valence-corrected chi connectivity index (χ3v) is 4.12. The van der Waals surface area contributed by atoms with Crippen LogP contribution in [0.3, 0.4) is 0 Å². The second-order valence-electron chi connectivity index (χ2n) is 6.11. The summed E-state index contributed by atoms with van der Waals surface area (Å²) in [6.45, 7) is 0.867. The lowest BCUT2D eigenvalue weighted by Crippen LogP contribution is -2.34. The second-order valence-corrected chi connectivity index (χ2v) is 6.11. The van der Waals surface area contributed by atoms with Crippen molar-refractivity contribution in [3.05, 3.63) is 53.8 Å². The molecule has 0 unspecified atom stereocenters. The molecule has 1 fully saturated rings. The zero-order valence-corrected chi connectivity index (χ0v) is 14.5. The first-order valence-corrected chi connectivity index (χ1v) is 8.24. The fourth-order valence-corrected chi connectivity index (χ4v) is 2.74. The van der Waals surface area contributed by atoms with E-state index in [1.54, 1.807) is 12.3 Å². The zero-order chi connectivity index (χ0) is 19.6. The molecule has 8 nitrogen and oxygen atoms in total. The first-order chi connectivity index (χ1) is 12.8. The van der Waals surface area contributed by atoms with Gasteiger partial charge in [0.2, 0.25) is 5.91 Å². The highest BCUT2D eigenvalue weighted by atomic mass is 19.1. The number of rotatable bonds is 4. The van der Waals surface area contributed by atoms with Gasteiger partial charge in [0.25, 0.3) is 0 Å². The molecule has 2 heterocycles. The lowest BCUT2D eigenvalue weighted by Gasteiger charge is -2.28. The zero-order valence-electron chi connectivity index (χ0n) is 14.5. The van der Waals surface area contributed by atoms with Gasteiger partial charge in [-0.15, -0.1) is 0 Å². The van der Waals surface area contributed by atoms with Crippen LogP contribution in [0.4, 0.5) is 20.6 Å². The quantitative estimate of drug-likeness (QED) is 0.751. The molecule has 0 radical (unpaired) electrons. The average Bonchev–Trinajstić information content (AvgIpc) is 2.83. The molecule has 1 saturated heterocycles. The van der Waals surface area contributed by atoms with E-state index in [2.05, 4.69) is 0 Å². The summed E-state index contributed by atoms with van der Waals surface area (Å²) in [4.78, 5) is 37.1. The molecule has 2 amide bonds. The van der Waals surface area contributed by atoms with Gasteiger partial charge in [0, 0.05) is 32.3 Å². The average molecular weight is 374 g/mol. The molecule has 27 heavy (non-hydrogen) atoms. The van der Waals surface area contributed by atoms with Crippen molar-refractivity contribution in [2.24, 2.45) is 0 Å². The number of ether oxygens (including phenoxy) is 1. The Morgan fingerprint density at radius 1 is 1.37 bits per heavy atom. The third-order valence-electron chi connectivity index (χ3n) is 4.12. The van der Waals surface area contributed by atoms with Gasteiger partial charge >= 0.3 is 6.09 Å². The Kier molecular flexibility index (Phi) is 5.22. The summed E-state index contributed by atoms with van der Waals surface area (Å²) in [5, 5.41) is 11.6. The SMILES string of the molecule is CC(=O)N([O-])C[C@@H]1CN(c2ccc(N3C=CCC(=O)C=C3)c(F)c2)C(=O)O1. The van der Waals surface area contributed by atoms with Gasteiger partial charge in [0.15, 0.2) is 5.78 Å². The van der Waals surface area contributed by atoms with Gasteiger partial charge in [-0.3, -0.25) is 14.5 Å². The highest BCUT2D eigenvalue weighted by Gasteiger charge is 2.33. The van der Waals surface area contributed by atoms with Crippen molar-refractivity contribution < 1.29 is 23.5 Å². The topological polar surface area (TPSA) is 93.2 Å². The van der Waals surface area contributed by atoms with E-state index >= 15 is 0 Å². The molecule has 0 bridgehead atoms. The molecule has 2 aliphatic heterocycles. The smallest absolute Gasteiger partial charge is 0.414 e. The van der Waals surface area contributed by atoms with Crippen LogP contribution in [0.2, 0.25) is 0 Å². The molecular formula is C18H17FN3O5-.